The molecule has 128 valence electrons. The van der Waals surface area contributed by atoms with Crippen LogP contribution >= 0.6 is 0 Å². The summed E-state index contributed by atoms with van der Waals surface area (Å²) >= 11 is -2.08. The lowest BCUT2D eigenvalue weighted by Gasteiger charge is -2.03. The van der Waals surface area contributed by atoms with Gasteiger partial charge in [0.2, 0.25) is 0 Å². The lowest BCUT2D eigenvalue weighted by Crippen LogP contribution is -1.97. The maximum atomic E-state index is 10.2. The van der Waals surface area contributed by atoms with Crippen LogP contribution in [0.25, 0.3) is 0 Å². The molecular weight excluding hydrogens is 284 g/mol. The molecule has 3 nitrogen and oxygen atoms in total. The van der Waals surface area contributed by atoms with Crippen LogP contribution in [-0.4, -0.2) is 15.4 Å². The van der Waals surface area contributed by atoms with Crippen LogP contribution in [0.4, 0.5) is 0 Å². The predicted octanol–water partition coefficient (Wildman–Crippen LogP) is 6.01. The lowest BCUT2D eigenvalue weighted by atomic mass is 10.0. The Morgan fingerprint density at radius 2 is 1.00 bits per heavy atom. The van der Waals surface area contributed by atoms with Crippen LogP contribution in [0.1, 0.15) is 103 Å². The van der Waals surface area contributed by atoms with Gasteiger partial charge in [-0.15, -0.1) is 0 Å². The van der Waals surface area contributed by atoms with Crippen LogP contribution in [0.15, 0.2) is 0 Å². The van der Waals surface area contributed by atoms with Crippen molar-refractivity contribution in [3.05, 3.63) is 0 Å². The average Bonchev–Trinajstić information content (AvgIpc) is 2.46. The topological polar surface area (TPSA) is 46.5 Å². The van der Waals surface area contributed by atoms with Crippen molar-refractivity contribution in [1.82, 2.24) is 0 Å². The van der Waals surface area contributed by atoms with Crippen LogP contribution in [-0.2, 0) is 15.5 Å². The molecule has 1 atom stereocenters. The third kappa shape index (κ3) is 20.1. The molecule has 0 rings (SSSR count). The highest BCUT2D eigenvalue weighted by atomic mass is 32.2. The van der Waals surface area contributed by atoms with E-state index >= 15 is 0 Å². The van der Waals surface area contributed by atoms with Crippen LogP contribution in [0.5, 0.6) is 0 Å². The summed E-state index contributed by atoms with van der Waals surface area (Å²) in [4.78, 5) is 0. The highest BCUT2D eigenvalue weighted by Crippen LogP contribution is 2.13. The van der Waals surface area contributed by atoms with Gasteiger partial charge in [-0.05, 0) is 6.42 Å². The molecule has 4 heteroatoms. The van der Waals surface area contributed by atoms with E-state index in [1.54, 1.807) is 0 Å². The highest BCUT2D eigenvalue weighted by molar-refractivity contribution is 7.74. The van der Waals surface area contributed by atoms with Gasteiger partial charge in [-0.2, -0.15) is 4.21 Å². The molecule has 0 aromatic carbocycles. The molecule has 1 unspecified atom stereocenters. The van der Waals surface area contributed by atoms with E-state index in [0.29, 0.717) is 6.61 Å². The van der Waals surface area contributed by atoms with Gasteiger partial charge in [0, 0.05) is 0 Å². The van der Waals surface area contributed by atoms with Crippen molar-refractivity contribution in [2.75, 3.05) is 6.61 Å². The van der Waals surface area contributed by atoms with E-state index in [1.807, 2.05) is 0 Å². The fourth-order valence-corrected chi connectivity index (χ4v) is 2.86. The number of hydrogen-bond acceptors (Lipinski definition) is 2. The largest absolute Gasteiger partial charge is 0.301 e. The van der Waals surface area contributed by atoms with E-state index in [1.165, 1.54) is 83.5 Å². The van der Waals surface area contributed by atoms with E-state index in [0.717, 1.165) is 12.8 Å². The molecule has 0 radical (unpaired) electrons. The van der Waals surface area contributed by atoms with Crippen LogP contribution in [0.2, 0.25) is 0 Å². The average molecular weight is 321 g/mol. The lowest BCUT2D eigenvalue weighted by molar-refractivity contribution is 0.296. The number of hydrogen-bond donors (Lipinski definition) is 1. The zero-order chi connectivity index (χ0) is 15.6. The Bertz CT molecular complexity index is 222. The Labute approximate surface area is 134 Å². The number of unbranched alkanes of at least 4 members (excludes halogenated alkanes) is 14. The molecule has 1 N–H and O–H groups in total. The molecular formula is C17H36O3S. The Morgan fingerprint density at radius 3 is 1.33 bits per heavy atom. The van der Waals surface area contributed by atoms with Crippen molar-refractivity contribution in [3.63, 3.8) is 0 Å². The second-order valence-corrected chi connectivity index (χ2v) is 6.66. The first kappa shape index (κ1) is 21.1. The van der Waals surface area contributed by atoms with Gasteiger partial charge in [0.25, 0.3) is 0 Å². The number of rotatable bonds is 17. The van der Waals surface area contributed by atoms with Gasteiger partial charge in [0.1, 0.15) is 0 Å². The Kier molecular flexibility index (Phi) is 18.2. The molecule has 0 aliphatic carbocycles. The van der Waals surface area contributed by atoms with Crippen molar-refractivity contribution in [3.8, 4) is 0 Å². The minimum absolute atomic E-state index is 0.404. The standard InChI is InChI=1S/C17H36O3S/c1-2-3-4-5-6-7-8-9-10-11-12-13-14-15-16-17-20-21(18)19/h2-17H2,1H3,(H,18,19). The predicted molar refractivity (Wildman–Crippen MR) is 91.7 cm³/mol. The molecule has 0 spiro atoms. The Hall–Kier alpha value is 0.0700. The van der Waals surface area contributed by atoms with E-state index in [-0.39, 0.29) is 0 Å². The maximum Gasteiger partial charge on any atom is 0.301 e. The van der Waals surface area contributed by atoms with Crippen molar-refractivity contribution in [1.29, 1.82) is 0 Å². The minimum atomic E-state index is -2.08. The van der Waals surface area contributed by atoms with Gasteiger partial charge in [0.05, 0.1) is 6.61 Å². The molecule has 0 aliphatic heterocycles. The quantitative estimate of drug-likeness (QED) is 0.264. The van der Waals surface area contributed by atoms with E-state index in [9.17, 15) is 4.21 Å². The molecule has 0 saturated heterocycles. The zero-order valence-corrected chi connectivity index (χ0v) is 14.8. The summed E-state index contributed by atoms with van der Waals surface area (Å²) in [6.07, 6.45) is 19.9. The second kappa shape index (κ2) is 18.1. The summed E-state index contributed by atoms with van der Waals surface area (Å²) < 4.78 is 23.2. The van der Waals surface area contributed by atoms with Crippen molar-refractivity contribution < 1.29 is 12.9 Å². The van der Waals surface area contributed by atoms with Crippen LogP contribution < -0.4 is 0 Å². The van der Waals surface area contributed by atoms with E-state index in [4.69, 9.17) is 4.55 Å². The van der Waals surface area contributed by atoms with Crippen molar-refractivity contribution >= 4 is 11.4 Å². The van der Waals surface area contributed by atoms with Crippen LogP contribution in [0, 0.1) is 0 Å². The summed E-state index contributed by atoms with van der Waals surface area (Å²) in [5.74, 6) is 0. The highest BCUT2D eigenvalue weighted by Gasteiger charge is 1.95. The second-order valence-electron chi connectivity index (χ2n) is 5.99. The third-order valence-electron chi connectivity index (χ3n) is 3.93. The molecule has 0 aromatic heterocycles. The van der Waals surface area contributed by atoms with Crippen LogP contribution in [0.3, 0.4) is 0 Å². The minimum Gasteiger partial charge on any atom is -0.284 e. The molecule has 0 aliphatic rings. The van der Waals surface area contributed by atoms with Crippen molar-refractivity contribution in [2.45, 2.75) is 103 Å². The monoisotopic (exact) mass is 320 g/mol. The van der Waals surface area contributed by atoms with Gasteiger partial charge in [-0.1, -0.05) is 96.8 Å². The first-order valence-electron chi connectivity index (χ1n) is 9.01. The zero-order valence-electron chi connectivity index (χ0n) is 14.0. The normalized spacial score (nSPS) is 12.7. The molecule has 0 saturated carbocycles. The Balaban J connectivity index is 2.95. The third-order valence-corrected chi connectivity index (χ3v) is 4.30. The first-order valence-corrected chi connectivity index (χ1v) is 10.0. The molecule has 21 heavy (non-hydrogen) atoms. The van der Waals surface area contributed by atoms with E-state index in [2.05, 4.69) is 11.1 Å². The Morgan fingerprint density at radius 1 is 0.667 bits per heavy atom. The van der Waals surface area contributed by atoms with Gasteiger partial charge < -0.3 is 0 Å². The smallest absolute Gasteiger partial charge is 0.284 e. The van der Waals surface area contributed by atoms with Crippen molar-refractivity contribution in [2.24, 2.45) is 0 Å². The molecule has 0 aromatic rings. The fraction of sp³-hybridized carbons (Fsp3) is 1.00. The van der Waals surface area contributed by atoms with Gasteiger partial charge >= 0.3 is 11.4 Å². The fourth-order valence-electron chi connectivity index (χ4n) is 2.60. The first-order chi connectivity index (χ1) is 10.3. The molecule has 0 heterocycles. The molecule has 0 amide bonds. The summed E-state index contributed by atoms with van der Waals surface area (Å²) in [7, 11) is 0. The van der Waals surface area contributed by atoms with Gasteiger partial charge in [-0.25, -0.2) is 0 Å². The summed E-state index contributed by atoms with van der Waals surface area (Å²) in [6, 6.07) is 0. The van der Waals surface area contributed by atoms with Gasteiger partial charge in [-0.3, -0.25) is 8.74 Å². The SMILES string of the molecule is CCCCCCCCCCCCCCCCCOS(=O)O. The summed E-state index contributed by atoms with van der Waals surface area (Å²) in [5.41, 5.74) is 0. The summed E-state index contributed by atoms with van der Waals surface area (Å²) in [5, 5.41) is 0. The van der Waals surface area contributed by atoms with Gasteiger partial charge in [0.15, 0.2) is 0 Å². The molecule has 0 fully saturated rings. The summed E-state index contributed by atoms with van der Waals surface area (Å²) in [6.45, 7) is 2.67. The van der Waals surface area contributed by atoms with E-state index < -0.39 is 11.4 Å². The molecule has 0 bridgehead atoms. The maximum absolute atomic E-state index is 10.2.